The molecule has 6 heteroatoms. The molecule has 0 amide bonds. The van der Waals surface area contributed by atoms with E-state index in [-0.39, 0.29) is 20.1 Å². The zero-order valence-electron chi connectivity index (χ0n) is 24.8. The first-order valence-corrected chi connectivity index (χ1v) is 14.8. The number of furan rings is 1. The van der Waals surface area contributed by atoms with E-state index in [9.17, 15) is 0 Å². The molecule has 9 rings (SSSR count). The van der Waals surface area contributed by atoms with Crippen LogP contribution in [0.1, 0.15) is 5.56 Å². The van der Waals surface area contributed by atoms with Gasteiger partial charge in [0, 0.05) is 42.8 Å². The Hall–Kier alpha value is -5.42. The fraction of sp³-hybridized carbons (Fsp3) is 0.0250. The topological polar surface area (TPSA) is 56.7 Å². The maximum atomic E-state index is 6.38. The molecule has 0 N–H and O–H groups in total. The van der Waals surface area contributed by atoms with Gasteiger partial charge in [-0.2, -0.15) is 0 Å². The normalized spacial score (nSPS) is 11.0. The van der Waals surface area contributed by atoms with Gasteiger partial charge in [-0.25, -0.2) is 4.98 Å². The summed E-state index contributed by atoms with van der Waals surface area (Å²) in [4.78, 5) is 14.3. The van der Waals surface area contributed by atoms with Gasteiger partial charge < -0.3 is 14.0 Å². The van der Waals surface area contributed by atoms with Gasteiger partial charge in [-0.15, -0.1) is 53.6 Å². The number of benzene rings is 5. The Kier molecular flexibility index (Phi) is 7.98. The van der Waals surface area contributed by atoms with Crippen molar-refractivity contribution >= 4 is 44.0 Å². The predicted molar refractivity (Wildman–Crippen MR) is 181 cm³/mol. The monoisotopic (exact) mass is 771 g/mol. The summed E-state index contributed by atoms with van der Waals surface area (Å²) in [5, 5.41) is 3.27. The van der Waals surface area contributed by atoms with E-state index in [1.807, 2.05) is 103 Å². The Morgan fingerprint density at radius 2 is 1.50 bits per heavy atom. The second-order valence-corrected chi connectivity index (χ2v) is 10.8. The van der Waals surface area contributed by atoms with Crippen molar-refractivity contribution in [3.05, 3.63) is 157 Å². The molecular weight excluding hydrogens is 745 g/mol. The summed E-state index contributed by atoms with van der Waals surface area (Å²) >= 11 is 0. The van der Waals surface area contributed by atoms with Crippen molar-refractivity contribution < 1.29 is 24.5 Å². The van der Waals surface area contributed by atoms with Gasteiger partial charge in [0.05, 0.1) is 22.4 Å². The number of rotatable bonds is 3. The quantitative estimate of drug-likeness (QED) is 0.168. The summed E-state index contributed by atoms with van der Waals surface area (Å²) in [5.74, 6) is 0.767. The minimum Gasteiger partial charge on any atom is -0.501 e. The van der Waals surface area contributed by atoms with Crippen molar-refractivity contribution in [3.8, 4) is 28.3 Å². The first-order valence-electron chi connectivity index (χ1n) is 14.8. The third kappa shape index (κ3) is 5.28. The average Bonchev–Trinajstić information content (AvgIpc) is 3.68. The largest absolute Gasteiger partial charge is 0.501 e. The van der Waals surface area contributed by atoms with Gasteiger partial charge >= 0.3 is 0 Å². The van der Waals surface area contributed by atoms with E-state index in [1.54, 1.807) is 6.20 Å². The van der Waals surface area contributed by atoms with E-state index in [0.717, 1.165) is 77.9 Å². The first kappa shape index (κ1) is 29.3. The molecule has 0 unspecified atom stereocenters. The third-order valence-corrected chi connectivity index (χ3v) is 7.87. The zero-order chi connectivity index (χ0) is 30.2. The van der Waals surface area contributed by atoms with Crippen molar-refractivity contribution in [3.63, 3.8) is 0 Å². The molecule has 5 aromatic carbocycles. The number of nitrogens with zero attached hydrogens (tertiary/aromatic N) is 4. The third-order valence-electron chi connectivity index (χ3n) is 7.87. The molecule has 5 nitrogen and oxygen atoms in total. The minimum absolute atomic E-state index is 0. The Morgan fingerprint density at radius 1 is 0.717 bits per heavy atom. The fourth-order valence-electron chi connectivity index (χ4n) is 5.77. The molecule has 0 aliphatic carbocycles. The van der Waals surface area contributed by atoms with Crippen LogP contribution in [-0.4, -0.2) is 19.5 Å². The molecule has 46 heavy (non-hydrogen) atoms. The van der Waals surface area contributed by atoms with E-state index in [2.05, 4.69) is 58.9 Å². The molecule has 0 fully saturated rings. The number of hydrogen-bond donors (Lipinski definition) is 0. The van der Waals surface area contributed by atoms with Crippen molar-refractivity contribution in [1.82, 2.24) is 19.5 Å². The summed E-state index contributed by atoms with van der Waals surface area (Å²) in [6.45, 7) is 2.10. The van der Waals surface area contributed by atoms with Crippen LogP contribution in [0.25, 0.3) is 72.3 Å². The molecule has 0 atom stereocenters. The Labute approximate surface area is 279 Å². The van der Waals surface area contributed by atoms with Crippen molar-refractivity contribution in [2.75, 3.05) is 0 Å². The molecule has 9 aromatic rings. The van der Waals surface area contributed by atoms with Crippen LogP contribution in [0, 0.1) is 19.1 Å². The van der Waals surface area contributed by atoms with Gasteiger partial charge in [-0.3, -0.25) is 4.98 Å². The Balaban J connectivity index is 0.000000220. The van der Waals surface area contributed by atoms with Gasteiger partial charge in [-0.05, 0) is 42.1 Å². The van der Waals surface area contributed by atoms with Crippen LogP contribution in [0.5, 0.6) is 0 Å². The maximum Gasteiger partial charge on any atom is 0.156 e. The van der Waals surface area contributed by atoms with Crippen molar-refractivity contribution in [1.29, 1.82) is 0 Å². The molecule has 1 radical (unpaired) electrons. The molecule has 0 aliphatic heterocycles. The summed E-state index contributed by atoms with van der Waals surface area (Å²) in [5.41, 5.74) is 9.22. The van der Waals surface area contributed by atoms with Crippen LogP contribution in [0.3, 0.4) is 0 Å². The molecule has 0 aliphatic rings. The minimum atomic E-state index is 0. The molecule has 4 aromatic heterocycles. The van der Waals surface area contributed by atoms with Gasteiger partial charge in [0.15, 0.2) is 5.65 Å². The van der Waals surface area contributed by atoms with E-state index < -0.39 is 0 Å². The first-order chi connectivity index (χ1) is 22.2. The summed E-state index contributed by atoms with van der Waals surface area (Å²) in [7, 11) is 0. The molecule has 0 spiro atoms. The second kappa shape index (κ2) is 12.5. The Bertz CT molecular complexity index is 2400. The number of hydrogen-bond acceptors (Lipinski definition) is 4. The molecule has 223 valence electrons. The number of aryl methyl sites for hydroxylation is 1. The molecule has 0 bridgehead atoms. The van der Waals surface area contributed by atoms with Gasteiger partial charge in [0.2, 0.25) is 0 Å². The number of para-hydroxylation sites is 3. The van der Waals surface area contributed by atoms with Crippen molar-refractivity contribution in [2.24, 2.45) is 0 Å². The van der Waals surface area contributed by atoms with Gasteiger partial charge in [0.25, 0.3) is 0 Å². The molecule has 0 saturated heterocycles. The summed E-state index contributed by atoms with van der Waals surface area (Å²) in [6.07, 6.45) is 1.79. The van der Waals surface area contributed by atoms with E-state index in [0.29, 0.717) is 0 Å². The van der Waals surface area contributed by atoms with Crippen LogP contribution in [0.15, 0.2) is 144 Å². The average molecular weight is 771 g/mol. The van der Waals surface area contributed by atoms with E-state index >= 15 is 0 Å². The second-order valence-electron chi connectivity index (χ2n) is 10.8. The SMILES string of the molecule is Cc1c[c-]c(-c2nc3cc4ccccc4nc3n2-c2ccccc2)c2oc3ccccc3c12.[Ir].[c-]1ccccc1-c1ccccn1. The van der Waals surface area contributed by atoms with Crippen LogP contribution < -0.4 is 0 Å². The summed E-state index contributed by atoms with van der Waals surface area (Å²) in [6, 6.07) is 50.9. The maximum absolute atomic E-state index is 6.38. The number of fused-ring (bicyclic) bond motifs is 5. The standard InChI is InChI=1S/C29H18N3O.C11H8N.Ir/c1-18-15-16-22(27-26(18)21-12-6-8-14-25(21)33-27)28-31-24-17-19-9-5-7-13-23(19)30-29(24)32(28)20-10-3-2-4-11-20;1-2-6-10(7-3-1)11-8-4-5-9-12-11;/h2-15,17H,1H3;1-6,8-9H;/q2*-1;. The van der Waals surface area contributed by atoms with Crippen LogP contribution in [-0.2, 0) is 20.1 Å². The smallest absolute Gasteiger partial charge is 0.156 e. The van der Waals surface area contributed by atoms with Gasteiger partial charge in [0.1, 0.15) is 5.58 Å². The van der Waals surface area contributed by atoms with Gasteiger partial charge in [-0.1, -0.05) is 84.6 Å². The predicted octanol–water partition coefficient (Wildman–Crippen LogP) is 9.79. The summed E-state index contributed by atoms with van der Waals surface area (Å²) < 4.78 is 8.48. The zero-order valence-corrected chi connectivity index (χ0v) is 27.2. The van der Waals surface area contributed by atoms with Crippen molar-refractivity contribution in [2.45, 2.75) is 6.92 Å². The molecule has 4 heterocycles. The fourth-order valence-corrected chi connectivity index (χ4v) is 5.77. The van der Waals surface area contributed by atoms with Crippen LogP contribution in [0.2, 0.25) is 0 Å². The Morgan fingerprint density at radius 3 is 2.33 bits per heavy atom. The molecular formula is C40H26IrN4O-2. The number of aromatic nitrogens is 4. The number of pyridine rings is 2. The van der Waals surface area contributed by atoms with Crippen LogP contribution >= 0.6 is 0 Å². The number of imidazole rings is 1. The van der Waals surface area contributed by atoms with E-state index in [1.165, 1.54) is 0 Å². The van der Waals surface area contributed by atoms with Crippen LogP contribution in [0.4, 0.5) is 0 Å². The molecule has 0 saturated carbocycles. The van der Waals surface area contributed by atoms with E-state index in [4.69, 9.17) is 14.4 Å².